The maximum atomic E-state index is 11.5. The SMILES string of the molecule is COC(=O)c1ccc(CN(c2cccnc2)c2ccncn2)cc1. The van der Waals surface area contributed by atoms with Gasteiger partial charge in [-0.15, -0.1) is 0 Å². The molecule has 6 nitrogen and oxygen atoms in total. The molecular formula is C18H16N4O2. The highest BCUT2D eigenvalue weighted by atomic mass is 16.5. The van der Waals surface area contributed by atoms with Gasteiger partial charge in [-0.1, -0.05) is 12.1 Å². The number of esters is 1. The number of aromatic nitrogens is 3. The quantitative estimate of drug-likeness (QED) is 0.673. The number of carbonyl (C=O) groups excluding carboxylic acids is 1. The van der Waals surface area contributed by atoms with Crippen LogP contribution in [0, 0.1) is 0 Å². The van der Waals surface area contributed by atoms with Crippen molar-refractivity contribution in [3.63, 3.8) is 0 Å². The summed E-state index contributed by atoms with van der Waals surface area (Å²) in [6, 6.07) is 13.0. The maximum Gasteiger partial charge on any atom is 0.337 e. The third-order valence-electron chi connectivity index (χ3n) is 3.52. The van der Waals surface area contributed by atoms with Gasteiger partial charge in [-0.25, -0.2) is 14.8 Å². The molecule has 0 aliphatic rings. The van der Waals surface area contributed by atoms with Crippen LogP contribution in [0.15, 0.2) is 67.4 Å². The molecular weight excluding hydrogens is 304 g/mol. The van der Waals surface area contributed by atoms with Crippen molar-refractivity contribution >= 4 is 17.5 Å². The first-order valence-corrected chi connectivity index (χ1v) is 7.39. The summed E-state index contributed by atoms with van der Waals surface area (Å²) in [6.07, 6.45) is 6.73. The number of pyridine rings is 1. The second kappa shape index (κ2) is 7.32. The van der Waals surface area contributed by atoms with Gasteiger partial charge in [0, 0.05) is 18.9 Å². The number of benzene rings is 1. The smallest absolute Gasteiger partial charge is 0.337 e. The minimum atomic E-state index is -0.346. The van der Waals surface area contributed by atoms with Crippen LogP contribution < -0.4 is 4.90 Å². The molecule has 0 radical (unpaired) electrons. The number of hydrogen-bond donors (Lipinski definition) is 0. The molecule has 0 bridgehead atoms. The van der Waals surface area contributed by atoms with Crippen molar-refractivity contribution in [2.75, 3.05) is 12.0 Å². The minimum Gasteiger partial charge on any atom is -0.465 e. The normalized spacial score (nSPS) is 10.2. The van der Waals surface area contributed by atoms with Gasteiger partial charge in [-0.05, 0) is 35.9 Å². The molecule has 120 valence electrons. The zero-order chi connectivity index (χ0) is 16.8. The lowest BCUT2D eigenvalue weighted by molar-refractivity contribution is 0.0600. The number of ether oxygens (including phenoxy) is 1. The van der Waals surface area contributed by atoms with E-state index in [1.54, 1.807) is 30.7 Å². The van der Waals surface area contributed by atoms with Gasteiger partial charge in [0.05, 0.1) is 24.6 Å². The average Bonchev–Trinajstić information content (AvgIpc) is 2.67. The largest absolute Gasteiger partial charge is 0.465 e. The van der Waals surface area contributed by atoms with Crippen LogP contribution in [0.2, 0.25) is 0 Å². The predicted molar refractivity (Wildman–Crippen MR) is 89.9 cm³/mol. The number of anilines is 2. The number of carbonyl (C=O) groups is 1. The van der Waals surface area contributed by atoms with E-state index in [9.17, 15) is 4.79 Å². The van der Waals surface area contributed by atoms with Crippen LogP contribution in [0.4, 0.5) is 11.5 Å². The minimum absolute atomic E-state index is 0.346. The first-order valence-electron chi connectivity index (χ1n) is 7.39. The van der Waals surface area contributed by atoms with E-state index in [4.69, 9.17) is 4.74 Å². The molecule has 1 aromatic carbocycles. The Morgan fingerprint density at radius 2 is 1.92 bits per heavy atom. The second-order valence-corrected chi connectivity index (χ2v) is 5.05. The Morgan fingerprint density at radius 1 is 1.08 bits per heavy atom. The first kappa shape index (κ1) is 15.6. The lowest BCUT2D eigenvalue weighted by Gasteiger charge is -2.23. The van der Waals surface area contributed by atoms with Gasteiger partial charge in [0.2, 0.25) is 0 Å². The number of hydrogen-bond acceptors (Lipinski definition) is 6. The molecule has 0 atom stereocenters. The van der Waals surface area contributed by atoms with E-state index in [-0.39, 0.29) is 5.97 Å². The van der Waals surface area contributed by atoms with Gasteiger partial charge >= 0.3 is 5.97 Å². The van der Waals surface area contributed by atoms with E-state index >= 15 is 0 Å². The molecule has 2 heterocycles. The number of methoxy groups -OCH3 is 1. The van der Waals surface area contributed by atoms with Crippen LogP contribution in [0.3, 0.4) is 0 Å². The summed E-state index contributed by atoms with van der Waals surface area (Å²) < 4.78 is 4.72. The van der Waals surface area contributed by atoms with E-state index in [2.05, 4.69) is 15.0 Å². The summed E-state index contributed by atoms with van der Waals surface area (Å²) >= 11 is 0. The molecule has 0 N–H and O–H groups in total. The molecule has 3 rings (SSSR count). The third-order valence-corrected chi connectivity index (χ3v) is 3.52. The highest BCUT2D eigenvalue weighted by Crippen LogP contribution is 2.24. The monoisotopic (exact) mass is 320 g/mol. The Morgan fingerprint density at radius 3 is 2.54 bits per heavy atom. The van der Waals surface area contributed by atoms with Crippen LogP contribution in [0.25, 0.3) is 0 Å². The Hall–Kier alpha value is -3.28. The van der Waals surface area contributed by atoms with Crippen LogP contribution in [0.5, 0.6) is 0 Å². The van der Waals surface area contributed by atoms with Gasteiger partial charge < -0.3 is 9.64 Å². The van der Waals surface area contributed by atoms with Crippen LogP contribution in [-0.4, -0.2) is 28.0 Å². The fourth-order valence-electron chi connectivity index (χ4n) is 2.31. The third kappa shape index (κ3) is 3.55. The highest BCUT2D eigenvalue weighted by Gasteiger charge is 2.12. The maximum absolute atomic E-state index is 11.5. The Bertz CT molecular complexity index is 753. The molecule has 0 fully saturated rings. The summed E-state index contributed by atoms with van der Waals surface area (Å²) in [6.45, 7) is 0.587. The first-order chi connectivity index (χ1) is 11.8. The lowest BCUT2D eigenvalue weighted by atomic mass is 10.1. The Labute approximate surface area is 139 Å². The van der Waals surface area contributed by atoms with Crippen LogP contribution in [0.1, 0.15) is 15.9 Å². The van der Waals surface area contributed by atoms with Gasteiger partial charge in [0.1, 0.15) is 12.1 Å². The molecule has 24 heavy (non-hydrogen) atoms. The molecule has 3 aromatic rings. The van der Waals surface area contributed by atoms with Crippen molar-refractivity contribution in [1.29, 1.82) is 0 Å². The zero-order valence-corrected chi connectivity index (χ0v) is 13.2. The van der Waals surface area contributed by atoms with E-state index < -0.39 is 0 Å². The van der Waals surface area contributed by atoms with Gasteiger partial charge in [0.15, 0.2) is 0 Å². The molecule has 0 saturated carbocycles. The lowest BCUT2D eigenvalue weighted by Crippen LogP contribution is -2.18. The van der Waals surface area contributed by atoms with Crippen molar-refractivity contribution in [3.05, 3.63) is 78.5 Å². The molecule has 0 saturated heterocycles. The van der Waals surface area contributed by atoms with Crippen molar-refractivity contribution in [2.45, 2.75) is 6.54 Å². The van der Waals surface area contributed by atoms with E-state index in [0.29, 0.717) is 12.1 Å². The fourth-order valence-corrected chi connectivity index (χ4v) is 2.31. The second-order valence-electron chi connectivity index (χ2n) is 5.05. The van der Waals surface area contributed by atoms with Gasteiger partial charge in [-0.2, -0.15) is 0 Å². The summed E-state index contributed by atoms with van der Waals surface area (Å²) in [4.78, 5) is 26.0. The predicted octanol–water partition coefficient (Wildman–Crippen LogP) is 3.00. The van der Waals surface area contributed by atoms with E-state index in [0.717, 1.165) is 17.1 Å². The summed E-state index contributed by atoms with van der Waals surface area (Å²) in [7, 11) is 1.37. The summed E-state index contributed by atoms with van der Waals surface area (Å²) in [5, 5.41) is 0. The fraction of sp³-hybridized carbons (Fsp3) is 0.111. The van der Waals surface area contributed by atoms with Crippen LogP contribution in [-0.2, 0) is 11.3 Å². The number of nitrogens with zero attached hydrogens (tertiary/aromatic N) is 4. The molecule has 0 spiro atoms. The summed E-state index contributed by atoms with van der Waals surface area (Å²) in [5.74, 6) is 0.427. The molecule has 2 aromatic heterocycles. The highest BCUT2D eigenvalue weighted by molar-refractivity contribution is 5.89. The molecule has 0 aliphatic carbocycles. The standard InChI is InChI=1S/C18H16N4O2/c1-24-18(23)15-6-4-14(5-7-15)12-22(16-3-2-9-19-11-16)17-8-10-20-13-21-17/h2-11,13H,12H2,1H3. The van der Waals surface area contributed by atoms with Crippen molar-refractivity contribution < 1.29 is 9.53 Å². The van der Waals surface area contributed by atoms with E-state index in [1.165, 1.54) is 13.4 Å². The van der Waals surface area contributed by atoms with Crippen molar-refractivity contribution in [2.24, 2.45) is 0 Å². The Kier molecular flexibility index (Phi) is 4.76. The van der Waals surface area contributed by atoms with Crippen molar-refractivity contribution in [1.82, 2.24) is 15.0 Å². The molecule has 6 heteroatoms. The summed E-state index contributed by atoms with van der Waals surface area (Å²) in [5.41, 5.74) is 2.48. The Balaban J connectivity index is 1.89. The van der Waals surface area contributed by atoms with E-state index in [1.807, 2.05) is 35.2 Å². The van der Waals surface area contributed by atoms with Crippen LogP contribution >= 0.6 is 0 Å². The molecule has 0 unspecified atom stereocenters. The average molecular weight is 320 g/mol. The molecule has 0 aliphatic heterocycles. The van der Waals surface area contributed by atoms with Gasteiger partial charge in [-0.3, -0.25) is 4.98 Å². The number of rotatable bonds is 5. The zero-order valence-electron chi connectivity index (χ0n) is 13.2. The molecule has 0 amide bonds. The van der Waals surface area contributed by atoms with Gasteiger partial charge in [0.25, 0.3) is 0 Å². The van der Waals surface area contributed by atoms with Crippen molar-refractivity contribution in [3.8, 4) is 0 Å². The topological polar surface area (TPSA) is 68.2 Å².